The molecule has 2 aromatic carbocycles. The van der Waals surface area contributed by atoms with Gasteiger partial charge in [-0.3, -0.25) is 0 Å². The van der Waals surface area contributed by atoms with Crippen LogP contribution in [0.3, 0.4) is 0 Å². The molecule has 1 atom stereocenters. The lowest BCUT2D eigenvalue weighted by Gasteiger charge is -2.30. The van der Waals surface area contributed by atoms with E-state index in [2.05, 4.69) is 85.0 Å². The Morgan fingerprint density at radius 2 is 1.67 bits per heavy atom. The fraction of sp³-hybridized carbons (Fsp3) is 0.333. The van der Waals surface area contributed by atoms with E-state index in [1.54, 1.807) is 0 Å². The molecule has 2 aromatic rings. The third kappa shape index (κ3) is 3.66. The second kappa shape index (κ2) is 6.63. The van der Waals surface area contributed by atoms with Crippen LogP contribution in [0.15, 0.2) is 40.9 Å². The number of nitrogens with two attached hydrogens (primary N) is 1. The normalized spacial score (nSPS) is 12.3. The summed E-state index contributed by atoms with van der Waals surface area (Å²) in [4.78, 5) is 2.27. The standard InChI is InChI=1S/C18H23BrN2/c1-12-7-13(2)9-16(8-12)21(4)18(11-20)15-5-6-17(19)14(3)10-15/h5-10,18H,11,20H2,1-4H3. The van der Waals surface area contributed by atoms with Crippen LogP contribution in [0.4, 0.5) is 5.69 Å². The predicted octanol–water partition coefficient (Wildman–Crippen LogP) is 4.51. The van der Waals surface area contributed by atoms with Gasteiger partial charge >= 0.3 is 0 Å². The van der Waals surface area contributed by atoms with Crippen molar-refractivity contribution in [2.45, 2.75) is 26.8 Å². The summed E-state index contributed by atoms with van der Waals surface area (Å²) in [6.07, 6.45) is 0. The zero-order valence-electron chi connectivity index (χ0n) is 13.2. The number of benzene rings is 2. The molecule has 0 bridgehead atoms. The summed E-state index contributed by atoms with van der Waals surface area (Å²) in [5, 5.41) is 0. The number of hydrogen-bond donors (Lipinski definition) is 1. The first-order chi connectivity index (χ1) is 9.92. The lowest BCUT2D eigenvalue weighted by molar-refractivity contribution is 0.679. The van der Waals surface area contributed by atoms with Gasteiger partial charge in [-0.2, -0.15) is 0 Å². The average Bonchev–Trinajstić information content (AvgIpc) is 2.42. The van der Waals surface area contributed by atoms with Crippen molar-refractivity contribution in [3.63, 3.8) is 0 Å². The second-order valence-electron chi connectivity index (χ2n) is 5.72. The first-order valence-electron chi connectivity index (χ1n) is 7.19. The molecule has 21 heavy (non-hydrogen) atoms. The highest BCUT2D eigenvalue weighted by molar-refractivity contribution is 9.10. The topological polar surface area (TPSA) is 29.3 Å². The van der Waals surface area contributed by atoms with Gasteiger partial charge in [0.25, 0.3) is 0 Å². The van der Waals surface area contributed by atoms with Gasteiger partial charge in [-0.25, -0.2) is 0 Å². The van der Waals surface area contributed by atoms with E-state index in [0.717, 1.165) is 4.47 Å². The fourth-order valence-corrected chi connectivity index (χ4v) is 2.97. The van der Waals surface area contributed by atoms with Gasteiger partial charge in [0.05, 0.1) is 6.04 Å². The number of hydrogen-bond acceptors (Lipinski definition) is 2. The average molecular weight is 347 g/mol. The molecule has 3 heteroatoms. The summed E-state index contributed by atoms with van der Waals surface area (Å²) in [6.45, 7) is 6.96. The fourth-order valence-electron chi connectivity index (χ4n) is 2.73. The molecule has 2 rings (SSSR count). The van der Waals surface area contributed by atoms with Gasteiger partial charge in [-0.1, -0.05) is 34.1 Å². The van der Waals surface area contributed by atoms with Crippen molar-refractivity contribution in [1.29, 1.82) is 0 Å². The highest BCUT2D eigenvalue weighted by atomic mass is 79.9. The molecule has 112 valence electrons. The molecule has 0 spiro atoms. The van der Waals surface area contributed by atoms with Crippen LogP contribution >= 0.6 is 15.9 Å². The maximum atomic E-state index is 6.05. The molecular formula is C18H23BrN2. The Balaban J connectivity index is 2.37. The van der Waals surface area contributed by atoms with Gasteiger partial charge in [-0.05, 0) is 61.2 Å². The third-order valence-electron chi connectivity index (χ3n) is 3.87. The first kappa shape index (κ1) is 16.1. The van der Waals surface area contributed by atoms with Crippen molar-refractivity contribution in [2.75, 3.05) is 18.5 Å². The van der Waals surface area contributed by atoms with Gasteiger partial charge in [-0.15, -0.1) is 0 Å². The molecule has 0 aliphatic carbocycles. The number of anilines is 1. The largest absolute Gasteiger partial charge is 0.366 e. The van der Waals surface area contributed by atoms with E-state index in [-0.39, 0.29) is 6.04 Å². The molecule has 2 nitrogen and oxygen atoms in total. The molecular weight excluding hydrogens is 324 g/mol. The van der Waals surface area contributed by atoms with Crippen LogP contribution in [0, 0.1) is 20.8 Å². The summed E-state index contributed by atoms with van der Waals surface area (Å²) in [6, 6.07) is 13.2. The van der Waals surface area contributed by atoms with E-state index in [1.807, 2.05) is 0 Å². The maximum absolute atomic E-state index is 6.05. The molecule has 0 aliphatic heterocycles. The van der Waals surface area contributed by atoms with Crippen LogP contribution in [0.25, 0.3) is 0 Å². The van der Waals surface area contributed by atoms with Crippen LogP contribution in [-0.2, 0) is 0 Å². The summed E-state index contributed by atoms with van der Waals surface area (Å²) >= 11 is 3.56. The molecule has 0 radical (unpaired) electrons. The van der Waals surface area contributed by atoms with E-state index >= 15 is 0 Å². The molecule has 2 N–H and O–H groups in total. The van der Waals surface area contributed by atoms with Gasteiger partial charge in [0.2, 0.25) is 0 Å². The Labute approximate surface area is 136 Å². The number of halogens is 1. The van der Waals surface area contributed by atoms with Crippen molar-refractivity contribution >= 4 is 21.6 Å². The van der Waals surface area contributed by atoms with Crippen molar-refractivity contribution in [1.82, 2.24) is 0 Å². The molecule has 0 saturated carbocycles. The Bertz CT molecular complexity index is 617. The quantitative estimate of drug-likeness (QED) is 0.882. The SMILES string of the molecule is Cc1cc(C)cc(N(C)C(CN)c2ccc(Br)c(C)c2)c1. The highest BCUT2D eigenvalue weighted by Gasteiger charge is 2.17. The lowest BCUT2D eigenvalue weighted by atomic mass is 10.0. The van der Waals surface area contributed by atoms with Gasteiger partial charge < -0.3 is 10.6 Å². The van der Waals surface area contributed by atoms with Crippen molar-refractivity contribution < 1.29 is 0 Å². The molecule has 0 heterocycles. The minimum Gasteiger partial charge on any atom is -0.366 e. The monoisotopic (exact) mass is 346 g/mol. The Morgan fingerprint density at radius 3 is 2.19 bits per heavy atom. The van der Waals surface area contributed by atoms with Crippen molar-refractivity contribution in [2.24, 2.45) is 5.73 Å². The number of nitrogens with zero attached hydrogens (tertiary/aromatic N) is 1. The van der Waals surface area contributed by atoms with Gasteiger partial charge in [0.15, 0.2) is 0 Å². The number of rotatable bonds is 4. The number of aryl methyl sites for hydroxylation is 3. The van der Waals surface area contributed by atoms with Gasteiger partial charge in [0, 0.05) is 23.8 Å². The minimum atomic E-state index is 0.179. The Hall–Kier alpha value is -1.32. The van der Waals surface area contributed by atoms with E-state index in [9.17, 15) is 0 Å². The third-order valence-corrected chi connectivity index (χ3v) is 4.76. The summed E-state index contributed by atoms with van der Waals surface area (Å²) < 4.78 is 1.14. The van der Waals surface area contributed by atoms with E-state index in [1.165, 1.54) is 27.9 Å². The molecule has 0 amide bonds. The van der Waals surface area contributed by atoms with Crippen LogP contribution in [0.2, 0.25) is 0 Å². The van der Waals surface area contributed by atoms with Crippen LogP contribution in [0.5, 0.6) is 0 Å². The predicted molar refractivity (Wildman–Crippen MR) is 95.0 cm³/mol. The molecule has 0 aromatic heterocycles. The van der Waals surface area contributed by atoms with Crippen LogP contribution in [0.1, 0.15) is 28.3 Å². The highest BCUT2D eigenvalue weighted by Crippen LogP contribution is 2.28. The molecule has 1 unspecified atom stereocenters. The smallest absolute Gasteiger partial charge is 0.0661 e. The van der Waals surface area contributed by atoms with Gasteiger partial charge in [0.1, 0.15) is 0 Å². The Kier molecular flexibility index (Phi) is 5.07. The lowest BCUT2D eigenvalue weighted by Crippen LogP contribution is -2.30. The first-order valence-corrected chi connectivity index (χ1v) is 7.99. The van der Waals surface area contributed by atoms with Crippen LogP contribution < -0.4 is 10.6 Å². The molecule has 0 aliphatic rings. The van der Waals surface area contributed by atoms with Crippen molar-refractivity contribution in [3.05, 3.63) is 63.1 Å². The molecule has 0 saturated heterocycles. The van der Waals surface area contributed by atoms with Crippen molar-refractivity contribution in [3.8, 4) is 0 Å². The van der Waals surface area contributed by atoms with E-state index in [4.69, 9.17) is 5.73 Å². The zero-order chi connectivity index (χ0) is 15.6. The van der Waals surface area contributed by atoms with E-state index < -0.39 is 0 Å². The number of likely N-dealkylation sites (N-methyl/N-ethyl adjacent to an activating group) is 1. The minimum absolute atomic E-state index is 0.179. The summed E-state index contributed by atoms with van der Waals surface area (Å²) in [5.41, 5.74) is 12.3. The second-order valence-corrected chi connectivity index (χ2v) is 6.57. The maximum Gasteiger partial charge on any atom is 0.0661 e. The van der Waals surface area contributed by atoms with Crippen LogP contribution in [-0.4, -0.2) is 13.6 Å². The molecule has 0 fully saturated rings. The summed E-state index contributed by atoms with van der Waals surface area (Å²) in [5.74, 6) is 0. The Morgan fingerprint density at radius 1 is 1.05 bits per heavy atom. The zero-order valence-corrected chi connectivity index (χ0v) is 14.7. The summed E-state index contributed by atoms with van der Waals surface area (Å²) in [7, 11) is 2.11. The van der Waals surface area contributed by atoms with E-state index in [0.29, 0.717) is 6.54 Å².